The Morgan fingerprint density at radius 3 is 2.33 bits per heavy atom. The van der Waals surface area contributed by atoms with Gasteiger partial charge in [0.2, 0.25) is 0 Å². The van der Waals surface area contributed by atoms with Gasteiger partial charge in [0.05, 0.1) is 6.42 Å². The van der Waals surface area contributed by atoms with E-state index in [1.54, 1.807) is 6.92 Å². The van der Waals surface area contributed by atoms with Crippen LogP contribution in [-0.4, -0.2) is 45.8 Å². The van der Waals surface area contributed by atoms with Crippen LogP contribution in [0.15, 0.2) is 0 Å². The number of hydrogen-bond donors (Lipinski definition) is 2. The summed E-state index contributed by atoms with van der Waals surface area (Å²) in [6.45, 7) is 1.64. The Hall–Kier alpha value is 0.196. The summed E-state index contributed by atoms with van der Waals surface area (Å²) < 4.78 is 0. The molecular formula is C5H12MgO3. The standard InChI is InChI=1S/C5H10O3.Mg.2H/c1-4(3-6)2-5(7)8;;;/h4,6H,2-3H2,1H3,(H,7,8);;;/q;+2;2*-1. The third kappa shape index (κ3) is 8.20. The van der Waals surface area contributed by atoms with Gasteiger partial charge in [0.15, 0.2) is 0 Å². The summed E-state index contributed by atoms with van der Waals surface area (Å²) in [6, 6.07) is 0. The molecule has 0 rings (SSSR count). The van der Waals surface area contributed by atoms with Gasteiger partial charge in [-0.05, 0) is 5.92 Å². The van der Waals surface area contributed by atoms with Crippen LogP contribution in [0.2, 0.25) is 0 Å². The minimum Gasteiger partial charge on any atom is -1.00 e. The van der Waals surface area contributed by atoms with Gasteiger partial charge in [-0.2, -0.15) is 0 Å². The Labute approximate surface area is 73.2 Å². The Morgan fingerprint density at radius 1 is 1.78 bits per heavy atom. The van der Waals surface area contributed by atoms with E-state index < -0.39 is 5.97 Å². The second-order valence-electron chi connectivity index (χ2n) is 1.89. The minimum atomic E-state index is -0.855. The van der Waals surface area contributed by atoms with Gasteiger partial charge in [0, 0.05) is 6.61 Å². The normalized spacial score (nSPS) is 11.8. The molecule has 0 radical (unpaired) electrons. The number of hydrogen-bond acceptors (Lipinski definition) is 2. The number of aliphatic hydroxyl groups excluding tert-OH is 1. The summed E-state index contributed by atoms with van der Waals surface area (Å²) in [4.78, 5) is 9.86. The van der Waals surface area contributed by atoms with Gasteiger partial charge < -0.3 is 13.1 Å². The molecule has 2 N–H and O–H groups in total. The summed E-state index contributed by atoms with van der Waals surface area (Å²) in [7, 11) is 0. The van der Waals surface area contributed by atoms with Crippen molar-refractivity contribution < 1.29 is 17.9 Å². The molecule has 0 fully saturated rings. The summed E-state index contributed by atoms with van der Waals surface area (Å²) in [5.74, 6) is -0.973. The molecule has 9 heavy (non-hydrogen) atoms. The van der Waals surface area contributed by atoms with Crippen LogP contribution < -0.4 is 0 Å². The zero-order valence-electron chi connectivity index (χ0n) is 7.50. The summed E-state index contributed by atoms with van der Waals surface area (Å²) in [5, 5.41) is 16.4. The zero-order chi connectivity index (χ0) is 6.57. The average Bonchev–Trinajstić information content (AvgIpc) is 1.65. The Morgan fingerprint density at radius 2 is 2.22 bits per heavy atom. The van der Waals surface area contributed by atoms with Crippen molar-refractivity contribution in [2.75, 3.05) is 6.61 Å². The van der Waals surface area contributed by atoms with E-state index in [2.05, 4.69) is 0 Å². The zero-order valence-corrected chi connectivity index (χ0v) is 6.92. The van der Waals surface area contributed by atoms with E-state index in [0.717, 1.165) is 0 Å². The van der Waals surface area contributed by atoms with E-state index in [4.69, 9.17) is 10.2 Å². The maximum atomic E-state index is 9.86. The second-order valence-corrected chi connectivity index (χ2v) is 1.89. The number of carboxylic acids is 1. The van der Waals surface area contributed by atoms with Gasteiger partial charge in [0.1, 0.15) is 0 Å². The van der Waals surface area contributed by atoms with Crippen molar-refractivity contribution in [3.63, 3.8) is 0 Å². The van der Waals surface area contributed by atoms with Gasteiger partial charge in [-0.15, -0.1) is 0 Å². The molecule has 1 atom stereocenters. The predicted molar refractivity (Wildman–Crippen MR) is 36.5 cm³/mol. The van der Waals surface area contributed by atoms with Crippen LogP contribution in [0, 0.1) is 5.92 Å². The first-order valence-corrected chi connectivity index (χ1v) is 2.49. The number of carboxylic acid groups (broad SMARTS) is 1. The van der Waals surface area contributed by atoms with Gasteiger partial charge >= 0.3 is 29.0 Å². The maximum Gasteiger partial charge on any atom is 2.00 e. The molecule has 0 spiro atoms. The molecule has 52 valence electrons. The van der Waals surface area contributed by atoms with Crippen molar-refractivity contribution in [1.29, 1.82) is 0 Å². The smallest absolute Gasteiger partial charge is 1.00 e. The molecular weight excluding hydrogens is 132 g/mol. The molecule has 1 unspecified atom stereocenters. The predicted octanol–water partition coefficient (Wildman–Crippen LogP) is -0.0663. The molecule has 0 amide bonds. The van der Waals surface area contributed by atoms with E-state index in [0.29, 0.717) is 0 Å². The van der Waals surface area contributed by atoms with E-state index in [1.807, 2.05) is 0 Å². The van der Waals surface area contributed by atoms with Gasteiger partial charge in [-0.25, -0.2) is 0 Å². The first-order valence-electron chi connectivity index (χ1n) is 2.49. The number of carbonyl (C=O) groups is 1. The molecule has 4 heteroatoms. The van der Waals surface area contributed by atoms with Crippen LogP contribution >= 0.6 is 0 Å². The molecule has 3 nitrogen and oxygen atoms in total. The molecule has 0 aliphatic carbocycles. The Balaban J connectivity index is -0.0000000817. The first-order chi connectivity index (χ1) is 3.66. The molecule has 0 aromatic heterocycles. The van der Waals surface area contributed by atoms with E-state index in [9.17, 15) is 4.79 Å². The molecule has 0 heterocycles. The van der Waals surface area contributed by atoms with Crippen molar-refractivity contribution in [3.05, 3.63) is 0 Å². The van der Waals surface area contributed by atoms with Crippen molar-refractivity contribution in [2.45, 2.75) is 13.3 Å². The van der Waals surface area contributed by atoms with Crippen LogP contribution in [0.1, 0.15) is 16.2 Å². The molecule has 0 aliphatic rings. The van der Waals surface area contributed by atoms with Crippen molar-refractivity contribution in [2.24, 2.45) is 5.92 Å². The van der Waals surface area contributed by atoms with Crippen LogP contribution in [0.4, 0.5) is 0 Å². The van der Waals surface area contributed by atoms with Crippen LogP contribution in [0.25, 0.3) is 0 Å². The largest absolute Gasteiger partial charge is 2.00 e. The third-order valence-corrected chi connectivity index (χ3v) is 0.835. The molecule has 0 aliphatic heterocycles. The quantitative estimate of drug-likeness (QED) is 0.546. The topological polar surface area (TPSA) is 57.5 Å². The van der Waals surface area contributed by atoms with E-state index in [1.165, 1.54) is 0 Å². The minimum absolute atomic E-state index is 0. The summed E-state index contributed by atoms with van der Waals surface area (Å²) >= 11 is 0. The van der Waals surface area contributed by atoms with Crippen LogP contribution in [0.3, 0.4) is 0 Å². The molecule has 0 saturated heterocycles. The van der Waals surface area contributed by atoms with Crippen LogP contribution in [-0.2, 0) is 4.79 Å². The fourth-order valence-electron chi connectivity index (χ4n) is 0.363. The van der Waals surface area contributed by atoms with Gasteiger partial charge in [-0.3, -0.25) is 4.79 Å². The fraction of sp³-hybridized carbons (Fsp3) is 0.800. The third-order valence-electron chi connectivity index (χ3n) is 0.835. The average molecular weight is 144 g/mol. The first kappa shape index (κ1) is 11.9. The number of aliphatic hydroxyl groups is 1. The van der Waals surface area contributed by atoms with Crippen molar-refractivity contribution in [3.8, 4) is 0 Å². The molecule has 0 bridgehead atoms. The maximum absolute atomic E-state index is 9.86. The van der Waals surface area contributed by atoms with Gasteiger partial charge in [-0.1, -0.05) is 6.92 Å². The van der Waals surface area contributed by atoms with Crippen molar-refractivity contribution >= 4 is 29.0 Å². The summed E-state index contributed by atoms with van der Waals surface area (Å²) in [5.41, 5.74) is 0. The Kier molecular flexibility index (Phi) is 8.37. The fourth-order valence-corrected chi connectivity index (χ4v) is 0.363. The summed E-state index contributed by atoms with van der Waals surface area (Å²) in [6.07, 6.45) is 0.0521. The second kappa shape index (κ2) is 6.32. The molecule has 0 saturated carbocycles. The molecule has 0 aromatic carbocycles. The molecule has 0 aromatic rings. The Bertz CT molecular complexity index is 91.8. The number of rotatable bonds is 3. The van der Waals surface area contributed by atoms with Gasteiger partial charge in [0.25, 0.3) is 0 Å². The monoisotopic (exact) mass is 144 g/mol. The SMILES string of the molecule is CC(CO)CC(=O)O.[H-].[H-].[Mg+2]. The van der Waals surface area contributed by atoms with E-state index in [-0.39, 0.29) is 44.9 Å². The number of aliphatic carboxylic acids is 1. The van der Waals surface area contributed by atoms with Crippen LogP contribution in [0.5, 0.6) is 0 Å². The van der Waals surface area contributed by atoms with E-state index >= 15 is 0 Å². The van der Waals surface area contributed by atoms with Crippen molar-refractivity contribution in [1.82, 2.24) is 0 Å².